The Hall–Kier alpha value is -3.21. The highest BCUT2D eigenvalue weighted by Gasteiger charge is 2.29. The molecule has 1 amide bonds. The van der Waals surface area contributed by atoms with E-state index in [1.165, 1.54) is 35.2 Å². The van der Waals surface area contributed by atoms with Crippen LogP contribution >= 0.6 is 22.9 Å². The fourth-order valence-corrected chi connectivity index (χ4v) is 5.50. The number of hydrogen-bond acceptors (Lipinski definition) is 6. The number of aromatic nitrogens is 1. The topological polar surface area (TPSA) is 92.1 Å². The molecule has 0 bridgehead atoms. The van der Waals surface area contributed by atoms with Gasteiger partial charge in [-0.05, 0) is 54.9 Å². The summed E-state index contributed by atoms with van der Waals surface area (Å²) in [6.07, 6.45) is 3.28. The third kappa shape index (κ3) is 5.08. The van der Waals surface area contributed by atoms with Gasteiger partial charge < -0.3 is 10.1 Å². The van der Waals surface area contributed by atoms with Gasteiger partial charge in [-0.2, -0.15) is 5.26 Å². The monoisotopic (exact) mass is 479 g/mol. The number of nitrogens with one attached hydrogen (secondary N) is 1. The fraction of sp³-hybridized carbons (Fsp3) is 0.280. The first-order valence-electron chi connectivity index (χ1n) is 10.7. The summed E-state index contributed by atoms with van der Waals surface area (Å²) in [5, 5.41) is 13.3. The first-order chi connectivity index (χ1) is 16.0. The zero-order valence-corrected chi connectivity index (χ0v) is 19.6. The number of amides is 1. The molecule has 1 N–H and O–H groups in total. The van der Waals surface area contributed by atoms with E-state index in [4.69, 9.17) is 16.3 Å². The minimum atomic E-state index is -0.993. The molecule has 2 aromatic heterocycles. The van der Waals surface area contributed by atoms with Crippen LogP contribution in [0.4, 0.5) is 5.00 Å². The number of carbonyl (C=O) groups is 2. The molecule has 4 rings (SSSR count). The molecule has 3 aromatic rings. The van der Waals surface area contributed by atoms with Crippen LogP contribution < -0.4 is 5.32 Å². The number of carbonyl (C=O) groups excluding carboxylic acids is 2. The number of nitrogens with zero attached hydrogens (tertiary/aromatic N) is 2. The quantitative estimate of drug-likeness (QED) is 0.371. The van der Waals surface area contributed by atoms with Crippen molar-refractivity contribution >= 4 is 39.8 Å². The smallest absolute Gasteiger partial charge is 0.339 e. The maximum absolute atomic E-state index is 12.9. The number of halogens is 1. The lowest BCUT2D eigenvalue weighted by Gasteiger charge is -2.22. The molecule has 1 aliphatic carbocycles. The number of fused-ring (bicyclic) bond motifs is 1. The highest BCUT2D eigenvalue weighted by Crippen LogP contribution is 2.42. The lowest BCUT2D eigenvalue weighted by molar-refractivity contribution is -0.124. The first kappa shape index (κ1) is 23.0. The Morgan fingerprint density at radius 3 is 2.82 bits per heavy atom. The first-order valence-corrected chi connectivity index (χ1v) is 11.9. The minimum absolute atomic E-state index is 0.165. The number of ether oxygens (including phenoxy) is 1. The van der Waals surface area contributed by atoms with Crippen molar-refractivity contribution < 1.29 is 14.3 Å². The van der Waals surface area contributed by atoms with Gasteiger partial charge in [-0.3, -0.25) is 4.79 Å². The van der Waals surface area contributed by atoms with Crippen LogP contribution in [0.2, 0.25) is 5.15 Å². The average molecular weight is 480 g/mol. The molecule has 168 valence electrons. The molecule has 0 spiro atoms. The van der Waals surface area contributed by atoms with E-state index in [9.17, 15) is 14.9 Å². The van der Waals surface area contributed by atoms with Crippen LogP contribution in [-0.4, -0.2) is 23.0 Å². The van der Waals surface area contributed by atoms with Crippen molar-refractivity contribution in [3.8, 4) is 6.07 Å². The molecule has 0 radical (unpaired) electrons. The van der Waals surface area contributed by atoms with E-state index in [1.807, 2.05) is 18.2 Å². The standard InChI is InChI=1S/C25H22ClN3O3S/c1-2-20(32-25(31)17-10-11-28-22(26)13-17)23(30)29-24-19(14-27)18-9-8-16(12-21(18)33-24)15-6-4-3-5-7-15/h3-7,10-11,13,16,20H,2,8-9,12H2,1H3,(H,29,30). The van der Waals surface area contributed by atoms with Crippen LogP contribution in [0.15, 0.2) is 48.7 Å². The fourth-order valence-electron chi connectivity index (χ4n) is 4.04. The third-order valence-corrected chi connectivity index (χ3v) is 7.14. The lowest BCUT2D eigenvalue weighted by Crippen LogP contribution is -2.32. The summed E-state index contributed by atoms with van der Waals surface area (Å²) in [5.74, 6) is -0.720. The molecule has 1 aromatic carbocycles. The molecule has 2 heterocycles. The summed E-state index contributed by atoms with van der Waals surface area (Å²) in [6.45, 7) is 1.76. The molecule has 8 heteroatoms. The number of nitriles is 1. The predicted octanol–water partition coefficient (Wildman–Crippen LogP) is 5.51. The van der Waals surface area contributed by atoms with Crippen LogP contribution in [0.3, 0.4) is 0 Å². The third-order valence-electron chi connectivity index (χ3n) is 5.76. The van der Waals surface area contributed by atoms with E-state index < -0.39 is 18.0 Å². The molecule has 1 aliphatic rings. The zero-order valence-electron chi connectivity index (χ0n) is 18.0. The van der Waals surface area contributed by atoms with Crippen LogP contribution in [0, 0.1) is 11.3 Å². The Morgan fingerprint density at radius 1 is 1.33 bits per heavy atom. The second-order valence-electron chi connectivity index (χ2n) is 7.83. The van der Waals surface area contributed by atoms with Gasteiger partial charge in [0.2, 0.25) is 0 Å². The molecule has 0 aliphatic heterocycles. The second-order valence-corrected chi connectivity index (χ2v) is 9.32. The normalized spacial score (nSPS) is 15.7. The van der Waals surface area contributed by atoms with E-state index in [1.54, 1.807) is 6.92 Å². The van der Waals surface area contributed by atoms with Crippen molar-refractivity contribution in [2.24, 2.45) is 0 Å². The number of pyridine rings is 1. The van der Waals surface area contributed by atoms with Crippen LogP contribution in [0.5, 0.6) is 0 Å². The van der Waals surface area contributed by atoms with Crippen LogP contribution in [0.25, 0.3) is 0 Å². The van der Waals surface area contributed by atoms with Crippen molar-refractivity contribution in [1.82, 2.24) is 4.98 Å². The Balaban J connectivity index is 1.49. The van der Waals surface area contributed by atoms with E-state index in [-0.39, 0.29) is 10.7 Å². The van der Waals surface area contributed by atoms with Gasteiger partial charge in [0, 0.05) is 11.1 Å². The van der Waals surface area contributed by atoms with Crippen molar-refractivity contribution in [2.45, 2.75) is 44.6 Å². The van der Waals surface area contributed by atoms with Crippen molar-refractivity contribution in [3.63, 3.8) is 0 Å². The average Bonchev–Trinajstić information content (AvgIpc) is 3.18. The Bertz CT molecular complexity index is 1220. The van der Waals surface area contributed by atoms with Gasteiger partial charge in [0.25, 0.3) is 5.91 Å². The summed E-state index contributed by atoms with van der Waals surface area (Å²) >= 11 is 7.27. The SMILES string of the molecule is CCC(OC(=O)c1ccnc(Cl)c1)C(=O)Nc1sc2c(c1C#N)CCC(c1ccccc1)C2. The molecule has 0 saturated carbocycles. The Kier molecular flexibility index (Phi) is 7.07. The number of thiophene rings is 1. The Morgan fingerprint density at radius 2 is 2.12 bits per heavy atom. The molecular formula is C25H22ClN3O3S. The van der Waals surface area contributed by atoms with E-state index >= 15 is 0 Å². The lowest BCUT2D eigenvalue weighted by atomic mass is 9.83. The van der Waals surface area contributed by atoms with Crippen LogP contribution in [0.1, 0.15) is 57.6 Å². The molecule has 0 saturated heterocycles. The number of benzene rings is 1. The largest absolute Gasteiger partial charge is 0.449 e. The highest BCUT2D eigenvalue weighted by atomic mass is 35.5. The summed E-state index contributed by atoms with van der Waals surface area (Å²) in [4.78, 5) is 30.3. The summed E-state index contributed by atoms with van der Waals surface area (Å²) in [7, 11) is 0. The summed E-state index contributed by atoms with van der Waals surface area (Å²) < 4.78 is 5.41. The van der Waals surface area contributed by atoms with Gasteiger partial charge in [-0.25, -0.2) is 9.78 Å². The maximum atomic E-state index is 12.9. The van der Waals surface area contributed by atoms with Gasteiger partial charge in [0.05, 0.1) is 11.1 Å². The van der Waals surface area contributed by atoms with Gasteiger partial charge >= 0.3 is 5.97 Å². The van der Waals surface area contributed by atoms with Crippen molar-refractivity contribution in [1.29, 1.82) is 5.26 Å². The van der Waals surface area contributed by atoms with Crippen molar-refractivity contribution in [2.75, 3.05) is 5.32 Å². The van der Waals surface area contributed by atoms with Crippen molar-refractivity contribution in [3.05, 3.63) is 80.9 Å². The molecule has 2 unspecified atom stereocenters. The zero-order chi connectivity index (χ0) is 23.4. The second kappa shape index (κ2) is 10.2. The minimum Gasteiger partial charge on any atom is -0.449 e. The molecule has 6 nitrogen and oxygen atoms in total. The number of rotatable bonds is 6. The number of hydrogen-bond donors (Lipinski definition) is 1. The number of esters is 1. The van der Waals surface area contributed by atoms with E-state index in [2.05, 4.69) is 28.5 Å². The van der Waals surface area contributed by atoms with E-state index in [0.717, 1.165) is 29.7 Å². The van der Waals surface area contributed by atoms with Crippen LogP contribution in [-0.2, 0) is 22.4 Å². The molecule has 33 heavy (non-hydrogen) atoms. The predicted molar refractivity (Wildman–Crippen MR) is 128 cm³/mol. The summed E-state index contributed by atoms with van der Waals surface area (Å²) in [5.41, 5.74) is 3.03. The molecular weight excluding hydrogens is 458 g/mol. The van der Waals surface area contributed by atoms with Gasteiger partial charge in [-0.1, -0.05) is 48.9 Å². The highest BCUT2D eigenvalue weighted by molar-refractivity contribution is 7.16. The number of anilines is 1. The maximum Gasteiger partial charge on any atom is 0.339 e. The van der Waals surface area contributed by atoms with E-state index in [0.29, 0.717) is 22.9 Å². The molecule has 0 fully saturated rings. The van der Waals surface area contributed by atoms with Gasteiger partial charge in [0.1, 0.15) is 16.2 Å². The van der Waals surface area contributed by atoms with Gasteiger partial charge in [-0.15, -0.1) is 11.3 Å². The van der Waals surface area contributed by atoms with Gasteiger partial charge in [0.15, 0.2) is 6.10 Å². The summed E-state index contributed by atoms with van der Waals surface area (Å²) in [6, 6.07) is 15.5. The Labute approximate surface area is 201 Å². The molecule has 2 atom stereocenters.